The van der Waals surface area contributed by atoms with Crippen molar-refractivity contribution in [2.45, 2.75) is 19.6 Å². The summed E-state index contributed by atoms with van der Waals surface area (Å²) in [7, 11) is 0. The molecule has 1 amide bonds. The fraction of sp³-hybridized carbons (Fsp3) is 0.238. The van der Waals surface area contributed by atoms with Gasteiger partial charge in [0.2, 0.25) is 5.88 Å². The molecule has 160 valence electrons. The summed E-state index contributed by atoms with van der Waals surface area (Å²) < 4.78 is 44.2. The Labute approximate surface area is 174 Å². The number of carbonyl (C=O) groups is 1. The van der Waals surface area contributed by atoms with E-state index in [1.165, 1.54) is 12.4 Å². The average molecular weight is 429 g/mol. The number of ether oxygens (including phenoxy) is 1. The minimum atomic E-state index is -4.45. The molecule has 0 fully saturated rings. The molecule has 0 aliphatic carbocycles. The molecular formula is C21H18F3N5O2. The lowest BCUT2D eigenvalue weighted by Crippen LogP contribution is -2.23. The predicted molar refractivity (Wildman–Crippen MR) is 108 cm³/mol. The lowest BCUT2D eigenvalue weighted by atomic mass is 10.1. The van der Waals surface area contributed by atoms with Gasteiger partial charge in [-0.15, -0.1) is 0 Å². The minimum Gasteiger partial charge on any atom is -0.468 e. The number of fused-ring (bicyclic) bond motifs is 2. The van der Waals surface area contributed by atoms with Crippen LogP contribution < -0.4 is 10.1 Å². The van der Waals surface area contributed by atoms with E-state index in [2.05, 4.69) is 20.4 Å². The van der Waals surface area contributed by atoms with Crippen molar-refractivity contribution in [3.63, 3.8) is 0 Å². The quantitative estimate of drug-likeness (QED) is 0.505. The highest BCUT2D eigenvalue weighted by Gasteiger charge is 2.29. The van der Waals surface area contributed by atoms with Crippen LogP contribution in [0.25, 0.3) is 21.7 Å². The Bertz CT molecular complexity index is 1250. The van der Waals surface area contributed by atoms with E-state index in [0.717, 1.165) is 5.56 Å². The Balaban J connectivity index is 1.68. The van der Waals surface area contributed by atoms with E-state index in [0.29, 0.717) is 34.8 Å². The van der Waals surface area contributed by atoms with E-state index in [1.807, 2.05) is 6.92 Å². The minimum absolute atomic E-state index is 0.0787. The number of hydrogen-bond donors (Lipinski definition) is 1. The highest BCUT2D eigenvalue weighted by atomic mass is 19.4. The summed E-state index contributed by atoms with van der Waals surface area (Å²) in [5, 5.41) is 9.01. The number of pyridine rings is 2. The summed E-state index contributed by atoms with van der Waals surface area (Å²) in [4.78, 5) is 20.5. The molecule has 0 saturated heterocycles. The van der Waals surface area contributed by atoms with Gasteiger partial charge in [0, 0.05) is 30.5 Å². The van der Waals surface area contributed by atoms with Gasteiger partial charge in [0.25, 0.3) is 5.91 Å². The van der Waals surface area contributed by atoms with Crippen LogP contribution in [0.2, 0.25) is 0 Å². The Kier molecular flexibility index (Phi) is 5.45. The van der Waals surface area contributed by atoms with Gasteiger partial charge in [-0.05, 0) is 30.0 Å². The molecular weight excluding hydrogens is 411 g/mol. The highest BCUT2D eigenvalue weighted by molar-refractivity contribution is 6.04. The van der Waals surface area contributed by atoms with Gasteiger partial charge >= 0.3 is 6.18 Å². The summed E-state index contributed by atoms with van der Waals surface area (Å²) in [5.41, 5.74) is 1.64. The van der Waals surface area contributed by atoms with Gasteiger partial charge in [-0.3, -0.25) is 14.5 Å². The molecule has 7 nitrogen and oxygen atoms in total. The lowest BCUT2D eigenvalue weighted by molar-refractivity contribution is -0.153. The van der Waals surface area contributed by atoms with Gasteiger partial charge < -0.3 is 10.1 Å². The summed E-state index contributed by atoms with van der Waals surface area (Å²) in [6.07, 6.45) is 0.263. The number of halogens is 3. The van der Waals surface area contributed by atoms with Crippen molar-refractivity contribution < 1.29 is 22.7 Å². The predicted octanol–water partition coefficient (Wildman–Crippen LogP) is 3.72. The molecule has 0 spiro atoms. The van der Waals surface area contributed by atoms with Gasteiger partial charge in [0.15, 0.2) is 6.61 Å². The zero-order valence-corrected chi connectivity index (χ0v) is 16.5. The third-order valence-corrected chi connectivity index (χ3v) is 4.58. The number of amides is 1. The van der Waals surface area contributed by atoms with Crippen molar-refractivity contribution in [3.05, 3.63) is 60.2 Å². The molecule has 3 aromatic heterocycles. The molecule has 4 rings (SSSR count). The molecule has 3 heterocycles. The van der Waals surface area contributed by atoms with Gasteiger partial charge in [-0.2, -0.15) is 18.3 Å². The largest absolute Gasteiger partial charge is 0.468 e. The summed E-state index contributed by atoms with van der Waals surface area (Å²) in [6.45, 7) is 1.19. The number of rotatable bonds is 6. The third kappa shape index (κ3) is 4.42. The third-order valence-electron chi connectivity index (χ3n) is 4.58. The van der Waals surface area contributed by atoms with E-state index >= 15 is 0 Å². The molecule has 10 heteroatoms. The van der Waals surface area contributed by atoms with Crippen molar-refractivity contribution in [1.82, 2.24) is 25.1 Å². The summed E-state index contributed by atoms with van der Waals surface area (Å²) in [6, 6.07) is 8.65. The number of hydrogen-bond acceptors (Lipinski definition) is 5. The number of carbonyl (C=O) groups excluding carboxylic acids is 1. The molecule has 0 aliphatic rings. The Morgan fingerprint density at radius 1 is 1.13 bits per heavy atom. The van der Waals surface area contributed by atoms with E-state index < -0.39 is 12.8 Å². The van der Waals surface area contributed by atoms with Gasteiger partial charge in [-0.25, -0.2) is 4.98 Å². The summed E-state index contributed by atoms with van der Waals surface area (Å²) >= 11 is 0. The standard InChI is InChI=1S/C21H18F3N5O2/c1-2-25-19(30)18-16-11-29(28-17(16)7-8-26-18)10-13-9-27-20(31-12-21(22,23)24)15-6-4-3-5-14(13)15/h3-9,11H,2,10,12H2,1H3,(H,25,30). The first-order valence-corrected chi connectivity index (χ1v) is 9.52. The zero-order chi connectivity index (χ0) is 22.0. The maximum Gasteiger partial charge on any atom is 0.422 e. The Morgan fingerprint density at radius 3 is 2.65 bits per heavy atom. The SMILES string of the molecule is CCNC(=O)c1nccc2nn(Cc3cnc(OCC(F)(F)F)c4ccccc34)cc12. The van der Waals surface area contributed by atoms with Crippen molar-refractivity contribution in [2.75, 3.05) is 13.2 Å². The van der Waals surface area contributed by atoms with Crippen LogP contribution in [0.1, 0.15) is 23.0 Å². The first-order chi connectivity index (χ1) is 14.9. The van der Waals surface area contributed by atoms with Crippen LogP contribution in [0.5, 0.6) is 5.88 Å². The molecule has 0 bridgehead atoms. The van der Waals surface area contributed by atoms with Crippen LogP contribution in [0.15, 0.2) is 48.9 Å². The van der Waals surface area contributed by atoms with E-state index in [1.54, 1.807) is 41.2 Å². The second-order valence-corrected chi connectivity index (χ2v) is 6.82. The maximum atomic E-state index is 12.5. The van der Waals surface area contributed by atoms with Crippen molar-refractivity contribution in [1.29, 1.82) is 0 Å². The lowest BCUT2D eigenvalue weighted by Gasteiger charge is -2.13. The van der Waals surface area contributed by atoms with Crippen LogP contribution in [-0.2, 0) is 6.54 Å². The Morgan fingerprint density at radius 2 is 1.90 bits per heavy atom. The molecule has 0 radical (unpaired) electrons. The molecule has 0 atom stereocenters. The fourth-order valence-corrected chi connectivity index (χ4v) is 3.29. The van der Waals surface area contributed by atoms with Gasteiger partial charge in [0.05, 0.1) is 17.4 Å². The highest BCUT2D eigenvalue weighted by Crippen LogP contribution is 2.28. The molecule has 31 heavy (non-hydrogen) atoms. The molecule has 0 saturated carbocycles. The van der Waals surface area contributed by atoms with Crippen LogP contribution in [0.4, 0.5) is 13.2 Å². The molecule has 1 N–H and O–H groups in total. The molecule has 1 aromatic carbocycles. The van der Waals surface area contributed by atoms with Crippen LogP contribution in [-0.4, -0.2) is 45.0 Å². The summed E-state index contributed by atoms with van der Waals surface area (Å²) in [5.74, 6) is -0.365. The second-order valence-electron chi connectivity index (χ2n) is 6.82. The first-order valence-electron chi connectivity index (χ1n) is 9.52. The topological polar surface area (TPSA) is 81.9 Å². The number of benzene rings is 1. The zero-order valence-electron chi connectivity index (χ0n) is 16.5. The fourth-order valence-electron chi connectivity index (χ4n) is 3.29. The second kappa shape index (κ2) is 8.21. The number of nitrogens with one attached hydrogen (secondary N) is 1. The molecule has 0 unspecified atom stereocenters. The van der Waals surface area contributed by atoms with Gasteiger partial charge in [-0.1, -0.05) is 18.2 Å². The van der Waals surface area contributed by atoms with Crippen LogP contribution in [0.3, 0.4) is 0 Å². The number of alkyl halides is 3. The normalized spacial score (nSPS) is 11.7. The van der Waals surface area contributed by atoms with Crippen LogP contribution >= 0.6 is 0 Å². The monoisotopic (exact) mass is 429 g/mol. The van der Waals surface area contributed by atoms with Crippen LogP contribution in [0, 0.1) is 0 Å². The average Bonchev–Trinajstić information content (AvgIpc) is 3.15. The van der Waals surface area contributed by atoms with Crippen molar-refractivity contribution in [2.24, 2.45) is 0 Å². The maximum absolute atomic E-state index is 12.5. The molecule has 0 aliphatic heterocycles. The van der Waals surface area contributed by atoms with Crippen molar-refractivity contribution in [3.8, 4) is 5.88 Å². The Hall–Kier alpha value is -3.69. The van der Waals surface area contributed by atoms with Crippen molar-refractivity contribution >= 4 is 27.6 Å². The molecule has 4 aromatic rings. The van der Waals surface area contributed by atoms with Gasteiger partial charge in [0.1, 0.15) is 5.69 Å². The first kappa shape index (κ1) is 20.6. The smallest absolute Gasteiger partial charge is 0.422 e. The van der Waals surface area contributed by atoms with E-state index in [4.69, 9.17) is 4.74 Å². The van der Waals surface area contributed by atoms with E-state index in [9.17, 15) is 18.0 Å². The number of aromatic nitrogens is 4. The van der Waals surface area contributed by atoms with E-state index in [-0.39, 0.29) is 17.5 Å². The number of nitrogens with zero attached hydrogens (tertiary/aromatic N) is 4.